The Morgan fingerprint density at radius 1 is 1.00 bits per heavy atom. The van der Waals surface area contributed by atoms with Gasteiger partial charge in [0.05, 0.1) is 18.4 Å². The molecule has 0 bridgehead atoms. The summed E-state index contributed by atoms with van der Waals surface area (Å²) in [6.07, 6.45) is 1.79. The fourth-order valence-corrected chi connectivity index (χ4v) is 4.33. The molecule has 2 aromatic carbocycles. The van der Waals surface area contributed by atoms with Crippen molar-refractivity contribution in [3.63, 3.8) is 0 Å². The number of benzene rings is 2. The van der Waals surface area contributed by atoms with Crippen molar-refractivity contribution in [3.05, 3.63) is 65.6 Å². The molecule has 2 amide bonds. The predicted molar refractivity (Wildman–Crippen MR) is 117 cm³/mol. The van der Waals surface area contributed by atoms with Crippen LogP contribution in [0.3, 0.4) is 0 Å². The van der Waals surface area contributed by atoms with E-state index >= 15 is 0 Å². The zero-order valence-corrected chi connectivity index (χ0v) is 18.0. The van der Waals surface area contributed by atoms with Gasteiger partial charge in [0, 0.05) is 18.7 Å². The van der Waals surface area contributed by atoms with Crippen molar-refractivity contribution in [1.29, 1.82) is 0 Å². The van der Waals surface area contributed by atoms with Gasteiger partial charge in [-0.3, -0.25) is 9.59 Å². The molecule has 0 saturated carbocycles. The van der Waals surface area contributed by atoms with Crippen LogP contribution in [0.5, 0.6) is 5.75 Å². The zero-order chi connectivity index (χ0) is 22.1. The van der Waals surface area contributed by atoms with E-state index in [4.69, 9.17) is 4.74 Å². The Morgan fingerprint density at radius 3 is 2.29 bits per heavy atom. The monoisotopic (exact) mass is 423 g/mol. The first-order valence-electron chi connectivity index (χ1n) is 10.4. The van der Waals surface area contributed by atoms with Gasteiger partial charge < -0.3 is 14.5 Å². The van der Waals surface area contributed by atoms with Crippen LogP contribution in [0.4, 0.5) is 10.1 Å². The van der Waals surface area contributed by atoms with Crippen molar-refractivity contribution in [2.75, 3.05) is 39.2 Å². The van der Waals surface area contributed by atoms with E-state index in [1.165, 1.54) is 24.3 Å². The van der Waals surface area contributed by atoms with E-state index in [1.54, 1.807) is 19.2 Å². The molecule has 0 N–H and O–H groups in total. The summed E-state index contributed by atoms with van der Waals surface area (Å²) in [6.45, 7) is 1.85. The lowest BCUT2D eigenvalue weighted by molar-refractivity contribution is -0.120. The maximum Gasteiger partial charge on any atom is 0.282 e. The maximum absolute atomic E-state index is 13.6. The van der Waals surface area contributed by atoms with E-state index < -0.39 is 17.6 Å². The second kappa shape index (κ2) is 8.51. The number of halogens is 1. The van der Waals surface area contributed by atoms with Crippen molar-refractivity contribution in [1.82, 2.24) is 9.80 Å². The van der Waals surface area contributed by atoms with Crippen LogP contribution in [-0.4, -0.2) is 62.0 Å². The third-order valence-electron chi connectivity index (χ3n) is 6.11. The molecule has 1 fully saturated rings. The Balaban J connectivity index is 1.82. The normalized spacial score (nSPS) is 18.1. The van der Waals surface area contributed by atoms with E-state index in [0.29, 0.717) is 28.3 Å². The number of methoxy groups -OCH3 is 1. The molecule has 0 aromatic heterocycles. The summed E-state index contributed by atoms with van der Waals surface area (Å²) in [4.78, 5) is 32.5. The average molecular weight is 423 g/mol. The summed E-state index contributed by atoms with van der Waals surface area (Å²) in [5, 5.41) is 0. The van der Waals surface area contributed by atoms with Gasteiger partial charge in [-0.1, -0.05) is 18.2 Å². The van der Waals surface area contributed by atoms with Gasteiger partial charge in [-0.15, -0.1) is 0 Å². The van der Waals surface area contributed by atoms with E-state index in [9.17, 15) is 14.0 Å². The maximum atomic E-state index is 13.6. The second-order valence-electron chi connectivity index (χ2n) is 7.99. The molecule has 4 rings (SSSR count). The number of likely N-dealkylation sites (N-methyl/N-ethyl adjacent to an activating group) is 1. The highest BCUT2D eigenvalue weighted by Gasteiger charge is 2.44. The summed E-state index contributed by atoms with van der Waals surface area (Å²) in [7, 11) is 5.50. The summed E-state index contributed by atoms with van der Waals surface area (Å²) < 4.78 is 19.0. The number of ether oxygens (including phenoxy) is 1. The van der Waals surface area contributed by atoms with Gasteiger partial charge in [-0.25, -0.2) is 9.29 Å². The van der Waals surface area contributed by atoms with Crippen molar-refractivity contribution in [3.8, 4) is 5.75 Å². The minimum Gasteiger partial charge on any atom is -0.496 e. The molecule has 162 valence electrons. The summed E-state index contributed by atoms with van der Waals surface area (Å²) >= 11 is 0. The van der Waals surface area contributed by atoms with Crippen molar-refractivity contribution < 1.29 is 18.7 Å². The molecule has 0 radical (unpaired) electrons. The van der Waals surface area contributed by atoms with E-state index in [-0.39, 0.29) is 6.04 Å². The van der Waals surface area contributed by atoms with Crippen molar-refractivity contribution >= 4 is 23.1 Å². The van der Waals surface area contributed by atoms with Gasteiger partial charge in [-0.05, 0) is 63.3 Å². The lowest BCUT2D eigenvalue weighted by atomic mass is 9.99. The van der Waals surface area contributed by atoms with Crippen LogP contribution >= 0.6 is 0 Å². The number of amides is 2. The van der Waals surface area contributed by atoms with E-state index in [2.05, 4.69) is 11.9 Å². The standard InChI is InChI=1S/C24H26FN3O3/c1-26-14-12-17(13-15-26)27(2)22-21(19-6-4-5-7-20(19)31-3)23(29)28(24(22)30)18-10-8-16(25)9-11-18/h4-11,17H,12-15H2,1-3H3. The predicted octanol–water partition coefficient (Wildman–Crippen LogP) is 3.14. The van der Waals surface area contributed by atoms with Crippen LogP contribution < -0.4 is 9.64 Å². The van der Waals surface area contributed by atoms with E-state index in [1.807, 2.05) is 24.1 Å². The molecule has 2 heterocycles. The molecule has 0 atom stereocenters. The molecule has 7 heteroatoms. The Hall–Kier alpha value is -3.19. The molecule has 0 unspecified atom stereocenters. The van der Waals surface area contributed by atoms with Crippen molar-refractivity contribution in [2.45, 2.75) is 18.9 Å². The quantitative estimate of drug-likeness (QED) is 0.692. The van der Waals surface area contributed by atoms with Crippen LogP contribution in [0.25, 0.3) is 5.57 Å². The second-order valence-corrected chi connectivity index (χ2v) is 7.99. The van der Waals surface area contributed by atoms with E-state index in [0.717, 1.165) is 30.8 Å². The Labute approximate surface area is 181 Å². The summed E-state index contributed by atoms with van der Waals surface area (Å²) in [5.74, 6) is -0.742. The van der Waals surface area contributed by atoms with Crippen molar-refractivity contribution in [2.24, 2.45) is 0 Å². The molecular formula is C24H26FN3O3. The molecule has 0 aliphatic carbocycles. The number of piperidine rings is 1. The minimum absolute atomic E-state index is 0.140. The van der Waals surface area contributed by atoms with Gasteiger partial charge in [-0.2, -0.15) is 0 Å². The molecule has 6 nitrogen and oxygen atoms in total. The highest BCUT2D eigenvalue weighted by molar-refractivity contribution is 6.45. The number of hydrogen-bond donors (Lipinski definition) is 0. The zero-order valence-electron chi connectivity index (χ0n) is 18.0. The fraction of sp³-hybridized carbons (Fsp3) is 0.333. The number of hydrogen-bond acceptors (Lipinski definition) is 5. The third-order valence-corrected chi connectivity index (χ3v) is 6.11. The van der Waals surface area contributed by atoms with Crippen LogP contribution in [0, 0.1) is 5.82 Å². The first-order valence-corrected chi connectivity index (χ1v) is 10.4. The van der Waals surface area contributed by atoms with Gasteiger partial charge in [0.25, 0.3) is 11.8 Å². The lowest BCUT2D eigenvalue weighted by Gasteiger charge is -2.36. The Kier molecular flexibility index (Phi) is 5.78. The highest BCUT2D eigenvalue weighted by atomic mass is 19.1. The summed E-state index contributed by atoms with van der Waals surface area (Å²) in [6, 6.07) is 12.7. The first-order chi connectivity index (χ1) is 14.9. The van der Waals surface area contributed by atoms with Gasteiger partial charge in [0.2, 0.25) is 0 Å². The first kappa shape index (κ1) is 21.1. The van der Waals surface area contributed by atoms with Gasteiger partial charge in [0.1, 0.15) is 17.3 Å². The molecule has 0 spiro atoms. The number of carbonyl (C=O) groups excluding carboxylic acids is 2. The number of carbonyl (C=O) groups is 2. The third kappa shape index (κ3) is 3.81. The number of imide groups is 1. The van der Waals surface area contributed by atoms with Crippen LogP contribution in [0.15, 0.2) is 54.2 Å². The highest BCUT2D eigenvalue weighted by Crippen LogP contribution is 2.39. The number of para-hydroxylation sites is 1. The Bertz CT molecular complexity index is 1030. The largest absolute Gasteiger partial charge is 0.496 e. The van der Waals surface area contributed by atoms with Crippen LogP contribution in [-0.2, 0) is 9.59 Å². The number of nitrogens with zero attached hydrogens (tertiary/aromatic N) is 3. The Morgan fingerprint density at radius 2 is 1.65 bits per heavy atom. The number of anilines is 1. The number of likely N-dealkylation sites (tertiary alicyclic amines) is 1. The minimum atomic E-state index is -0.434. The topological polar surface area (TPSA) is 53.1 Å². The lowest BCUT2D eigenvalue weighted by Crippen LogP contribution is -2.43. The van der Waals surface area contributed by atoms with Gasteiger partial charge in [0.15, 0.2) is 0 Å². The molecular weight excluding hydrogens is 397 g/mol. The molecule has 1 saturated heterocycles. The smallest absolute Gasteiger partial charge is 0.282 e. The molecule has 31 heavy (non-hydrogen) atoms. The van der Waals surface area contributed by atoms with Gasteiger partial charge >= 0.3 is 0 Å². The van der Waals surface area contributed by atoms with Crippen LogP contribution in [0.2, 0.25) is 0 Å². The fourth-order valence-electron chi connectivity index (χ4n) is 4.33. The SMILES string of the molecule is COc1ccccc1C1=C(N(C)C2CCN(C)CC2)C(=O)N(c2ccc(F)cc2)C1=O. The number of rotatable bonds is 5. The van der Waals surface area contributed by atoms with Crippen LogP contribution in [0.1, 0.15) is 18.4 Å². The summed E-state index contributed by atoms with van der Waals surface area (Å²) in [5.41, 5.74) is 1.58. The molecule has 2 aliphatic rings. The molecule has 2 aliphatic heterocycles. The molecule has 2 aromatic rings. The average Bonchev–Trinajstić information content (AvgIpc) is 3.04.